The minimum atomic E-state index is 0.710. The van der Waals surface area contributed by atoms with Gasteiger partial charge in [0.2, 0.25) is 0 Å². The Morgan fingerprint density at radius 3 is 2.77 bits per heavy atom. The second kappa shape index (κ2) is 8.61. The van der Waals surface area contributed by atoms with E-state index in [1.807, 2.05) is 0 Å². The number of rotatable bonds is 5. The molecule has 6 heteroatoms. The molecule has 0 aliphatic carbocycles. The van der Waals surface area contributed by atoms with Crippen LogP contribution in [0.3, 0.4) is 0 Å². The lowest BCUT2D eigenvalue weighted by Gasteiger charge is -2.26. The van der Waals surface area contributed by atoms with E-state index in [4.69, 9.17) is 14.7 Å². The molecule has 2 aliphatic heterocycles. The lowest BCUT2D eigenvalue weighted by Crippen LogP contribution is -2.36. The summed E-state index contributed by atoms with van der Waals surface area (Å²) >= 11 is 1.76. The van der Waals surface area contributed by atoms with Gasteiger partial charge in [-0.2, -0.15) is 0 Å². The maximum Gasteiger partial charge on any atom is 0.186 e. The molecule has 158 valence electrons. The SMILES string of the molecule is Cc1nc(N2CCOCC2)sc1-c1ccc2cccc(CCN3CCC[C@H]3C)c2n1. The lowest BCUT2D eigenvalue weighted by atomic mass is 10.1. The maximum absolute atomic E-state index is 5.49. The van der Waals surface area contributed by atoms with E-state index < -0.39 is 0 Å². The molecule has 0 radical (unpaired) electrons. The van der Waals surface area contributed by atoms with Gasteiger partial charge in [-0.3, -0.25) is 0 Å². The predicted octanol–water partition coefficient (Wildman–Crippen LogP) is 4.53. The highest BCUT2D eigenvalue weighted by molar-refractivity contribution is 7.19. The van der Waals surface area contributed by atoms with Crippen LogP contribution in [0.15, 0.2) is 30.3 Å². The van der Waals surface area contributed by atoms with Gasteiger partial charge in [0.1, 0.15) is 0 Å². The average molecular weight is 423 g/mol. The maximum atomic E-state index is 5.49. The molecule has 5 nitrogen and oxygen atoms in total. The Morgan fingerprint density at radius 2 is 1.97 bits per heavy atom. The number of ether oxygens (including phenoxy) is 1. The zero-order valence-corrected chi connectivity index (χ0v) is 18.7. The Labute approximate surface area is 182 Å². The summed E-state index contributed by atoms with van der Waals surface area (Å²) in [6.45, 7) is 10.2. The highest BCUT2D eigenvalue weighted by atomic mass is 32.1. The van der Waals surface area contributed by atoms with Crippen LogP contribution < -0.4 is 4.90 Å². The molecular formula is C24H30N4OS. The molecule has 2 saturated heterocycles. The van der Waals surface area contributed by atoms with Crippen LogP contribution >= 0.6 is 11.3 Å². The summed E-state index contributed by atoms with van der Waals surface area (Å²) in [4.78, 5) is 16.1. The summed E-state index contributed by atoms with van der Waals surface area (Å²) in [5.74, 6) is 0. The normalized spacial score (nSPS) is 20.3. The van der Waals surface area contributed by atoms with Crippen LogP contribution in [-0.2, 0) is 11.2 Å². The highest BCUT2D eigenvalue weighted by Crippen LogP contribution is 2.35. The van der Waals surface area contributed by atoms with Gasteiger partial charge >= 0.3 is 0 Å². The summed E-state index contributed by atoms with van der Waals surface area (Å²) in [6, 6.07) is 11.7. The molecule has 30 heavy (non-hydrogen) atoms. The quantitative estimate of drug-likeness (QED) is 0.604. The zero-order valence-electron chi connectivity index (χ0n) is 17.9. The molecule has 4 heterocycles. The van der Waals surface area contributed by atoms with Crippen LogP contribution in [0.5, 0.6) is 0 Å². The van der Waals surface area contributed by atoms with Crippen molar-refractivity contribution >= 4 is 27.4 Å². The van der Waals surface area contributed by atoms with Crippen LogP contribution in [0, 0.1) is 6.92 Å². The zero-order chi connectivity index (χ0) is 20.5. The molecule has 0 bridgehead atoms. The van der Waals surface area contributed by atoms with E-state index in [2.05, 4.69) is 54.0 Å². The van der Waals surface area contributed by atoms with Crippen LogP contribution in [0.1, 0.15) is 31.0 Å². The number of morpholine rings is 1. The van der Waals surface area contributed by atoms with Gasteiger partial charge in [-0.15, -0.1) is 0 Å². The van der Waals surface area contributed by atoms with Crippen LogP contribution in [-0.4, -0.2) is 60.3 Å². The van der Waals surface area contributed by atoms with Crippen molar-refractivity contribution in [2.24, 2.45) is 0 Å². The molecule has 0 amide bonds. The number of hydrogen-bond donors (Lipinski definition) is 0. The highest BCUT2D eigenvalue weighted by Gasteiger charge is 2.21. The van der Waals surface area contributed by atoms with Crippen molar-refractivity contribution in [1.82, 2.24) is 14.9 Å². The first-order chi connectivity index (χ1) is 14.7. The molecule has 0 unspecified atom stereocenters. The molecule has 1 aromatic carbocycles. The molecule has 2 aliphatic rings. The Kier molecular flexibility index (Phi) is 5.72. The van der Waals surface area contributed by atoms with Gasteiger partial charge in [0.05, 0.1) is 35.0 Å². The van der Waals surface area contributed by atoms with E-state index in [0.29, 0.717) is 6.04 Å². The standard InChI is InChI=1S/C24H30N4OS/c1-17-5-4-11-27(17)12-10-20-7-3-6-19-8-9-21(26-22(19)20)23-18(2)25-24(30-23)28-13-15-29-16-14-28/h3,6-9,17H,4-5,10-16H2,1-2H3/t17-/m1/s1. The van der Waals surface area contributed by atoms with Crippen molar-refractivity contribution in [3.8, 4) is 10.6 Å². The van der Waals surface area contributed by atoms with E-state index >= 15 is 0 Å². The Morgan fingerprint density at radius 1 is 1.10 bits per heavy atom. The number of fused-ring (bicyclic) bond motifs is 1. The predicted molar refractivity (Wildman–Crippen MR) is 125 cm³/mol. The van der Waals surface area contributed by atoms with Crippen molar-refractivity contribution in [1.29, 1.82) is 0 Å². The third-order valence-corrected chi connectivity index (χ3v) is 7.70. The number of aryl methyl sites for hydroxylation is 1. The summed E-state index contributed by atoms with van der Waals surface area (Å²) in [5.41, 5.74) is 4.60. The summed E-state index contributed by atoms with van der Waals surface area (Å²) in [6.07, 6.45) is 3.71. The third-order valence-electron chi connectivity index (χ3n) is 6.46. The van der Waals surface area contributed by atoms with Crippen molar-refractivity contribution < 1.29 is 4.74 Å². The van der Waals surface area contributed by atoms with E-state index in [1.54, 1.807) is 11.3 Å². The summed E-state index contributed by atoms with van der Waals surface area (Å²) < 4.78 is 5.49. The minimum Gasteiger partial charge on any atom is -0.378 e. The second-order valence-corrected chi connectivity index (χ2v) is 9.45. The van der Waals surface area contributed by atoms with Crippen molar-refractivity contribution in [2.45, 2.75) is 39.2 Å². The number of benzene rings is 1. The largest absolute Gasteiger partial charge is 0.378 e. The lowest BCUT2D eigenvalue weighted by molar-refractivity contribution is 0.122. The number of pyridine rings is 1. The first-order valence-corrected chi connectivity index (χ1v) is 11.9. The molecular weight excluding hydrogens is 392 g/mol. The van der Waals surface area contributed by atoms with Crippen molar-refractivity contribution in [3.63, 3.8) is 0 Å². The number of thiazole rings is 1. The fourth-order valence-electron chi connectivity index (χ4n) is 4.64. The van der Waals surface area contributed by atoms with E-state index in [9.17, 15) is 0 Å². The topological polar surface area (TPSA) is 41.5 Å². The molecule has 1 atom stereocenters. The van der Waals surface area contributed by atoms with Gasteiger partial charge in [-0.1, -0.05) is 35.6 Å². The number of hydrogen-bond acceptors (Lipinski definition) is 6. The summed E-state index contributed by atoms with van der Waals surface area (Å²) in [7, 11) is 0. The number of anilines is 1. The molecule has 0 saturated carbocycles. The molecule has 5 rings (SSSR count). The van der Waals surface area contributed by atoms with Gasteiger partial charge in [-0.05, 0) is 51.3 Å². The number of likely N-dealkylation sites (tertiary alicyclic amines) is 1. The molecule has 2 aromatic heterocycles. The molecule has 0 N–H and O–H groups in total. The third kappa shape index (κ3) is 3.96. The molecule has 3 aromatic rings. The van der Waals surface area contributed by atoms with Gasteiger partial charge in [0.15, 0.2) is 5.13 Å². The molecule has 0 spiro atoms. The summed E-state index contributed by atoms with van der Waals surface area (Å²) in [5, 5.41) is 2.31. The van der Waals surface area contributed by atoms with Crippen molar-refractivity contribution in [2.75, 3.05) is 44.3 Å². The van der Waals surface area contributed by atoms with Gasteiger partial charge in [0, 0.05) is 31.1 Å². The van der Waals surface area contributed by atoms with Gasteiger partial charge < -0.3 is 14.5 Å². The Balaban J connectivity index is 1.43. The van der Waals surface area contributed by atoms with Gasteiger partial charge in [0.25, 0.3) is 0 Å². The van der Waals surface area contributed by atoms with Crippen LogP contribution in [0.2, 0.25) is 0 Å². The number of para-hydroxylation sites is 1. The number of nitrogens with zero attached hydrogens (tertiary/aromatic N) is 4. The smallest absolute Gasteiger partial charge is 0.186 e. The van der Waals surface area contributed by atoms with E-state index in [0.717, 1.165) is 61.3 Å². The second-order valence-electron chi connectivity index (χ2n) is 8.47. The van der Waals surface area contributed by atoms with Crippen molar-refractivity contribution in [3.05, 3.63) is 41.6 Å². The molecule has 2 fully saturated rings. The fourth-order valence-corrected chi connectivity index (χ4v) is 5.72. The fraction of sp³-hybridized carbons (Fsp3) is 0.500. The van der Waals surface area contributed by atoms with Crippen LogP contribution in [0.4, 0.5) is 5.13 Å². The Bertz CT molecular complexity index is 1030. The monoisotopic (exact) mass is 422 g/mol. The van der Waals surface area contributed by atoms with Gasteiger partial charge in [-0.25, -0.2) is 9.97 Å². The van der Waals surface area contributed by atoms with Crippen LogP contribution in [0.25, 0.3) is 21.5 Å². The van der Waals surface area contributed by atoms with E-state index in [1.165, 1.54) is 35.2 Å². The number of aromatic nitrogens is 2. The minimum absolute atomic E-state index is 0.710. The van der Waals surface area contributed by atoms with E-state index in [-0.39, 0.29) is 0 Å². The first-order valence-electron chi connectivity index (χ1n) is 11.1. The average Bonchev–Trinajstić information content (AvgIpc) is 3.37. The first kappa shape index (κ1) is 19.9. The Hall–Kier alpha value is -2.02.